The molecular weight excluding hydrogens is 1020 g/mol. The second-order valence-electron chi connectivity index (χ2n) is 23.2. The van der Waals surface area contributed by atoms with Gasteiger partial charge in [-0.3, -0.25) is 14.2 Å². The van der Waals surface area contributed by atoms with Crippen LogP contribution in [0.5, 0.6) is 0 Å². The number of unbranched alkanes of at least 4 members (excludes halogenated alkanes) is 27. The van der Waals surface area contributed by atoms with Gasteiger partial charge in [-0.25, -0.2) is 0 Å². The Bertz CT molecular complexity index is 1750. The molecule has 0 heterocycles. The highest BCUT2D eigenvalue weighted by Gasteiger charge is 2.27. The number of likely N-dealkylation sites (N-methyl/N-ethyl adjacent to an activating group) is 1. The molecule has 466 valence electrons. The van der Waals surface area contributed by atoms with E-state index in [1.54, 1.807) is 0 Å². The van der Waals surface area contributed by atoms with Crippen LogP contribution in [0.1, 0.15) is 278 Å². The second-order valence-corrected chi connectivity index (χ2v) is 24.6. The number of nitrogens with one attached hydrogen (secondary N) is 1. The predicted octanol–water partition coefficient (Wildman–Crippen LogP) is 20.3. The third-order valence-electron chi connectivity index (χ3n) is 14.2. The van der Waals surface area contributed by atoms with Crippen molar-refractivity contribution >= 4 is 19.7 Å². The summed E-state index contributed by atoms with van der Waals surface area (Å²) in [5.41, 5.74) is 0. The minimum atomic E-state index is -4.72. The number of hydrogen-bond acceptors (Lipinski definition) is 7. The molecule has 0 saturated heterocycles. The molecule has 0 bridgehead atoms. The van der Waals surface area contributed by atoms with Crippen LogP contribution in [0.4, 0.5) is 0 Å². The molecule has 0 aliphatic heterocycles. The van der Waals surface area contributed by atoms with E-state index in [-0.39, 0.29) is 18.9 Å². The molecule has 0 aromatic rings. The van der Waals surface area contributed by atoms with Crippen LogP contribution in [-0.4, -0.2) is 69.4 Å². The number of allylic oxidation sites excluding steroid dienone is 17. The number of nitrogens with zero attached hydrogens (tertiary/aromatic N) is 1. The van der Waals surface area contributed by atoms with Gasteiger partial charge in [-0.1, -0.05) is 265 Å². The molecular formula is C71H125N2O7P. The van der Waals surface area contributed by atoms with Gasteiger partial charge in [-0.05, 0) is 109 Å². The van der Waals surface area contributed by atoms with Crippen molar-refractivity contribution in [2.75, 3.05) is 40.9 Å². The van der Waals surface area contributed by atoms with Crippen molar-refractivity contribution in [2.45, 2.75) is 290 Å². The molecule has 1 N–H and O–H groups in total. The Balaban J connectivity index is 5.23. The highest BCUT2D eigenvalue weighted by atomic mass is 31.2. The Morgan fingerprint density at radius 1 is 0.444 bits per heavy atom. The Morgan fingerprint density at radius 3 is 1.23 bits per heavy atom. The van der Waals surface area contributed by atoms with Gasteiger partial charge >= 0.3 is 5.97 Å². The first-order valence-electron chi connectivity index (χ1n) is 33.2. The lowest BCUT2D eigenvalue weighted by Crippen LogP contribution is -2.47. The Labute approximate surface area is 500 Å². The summed E-state index contributed by atoms with van der Waals surface area (Å²) in [6.07, 6.45) is 82.1. The fourth-order valence-corrected chi connectivity index (χ4v) is 9.82. The Morgan fingerprint density at radius 2 is 0.802 bits per heavy atom. The molecule has 3 unspecified atom stereocenters. The van der Waals surface area contributed by atoms with Crippen LogP contribution < -0.4 is 10.2 Å². The van der Waals surface area contributed by atoms with Gasteiger partial charge in [-0.15, -0.1) is 0 Å². The smallest absolute Gasteiger partial charge is 0.306 e. The third-order valence-corrected chi connectivity index (χ3v) is 15.2. The van der Waals surface area contributed by atoms with Crippen LogP contribution in [0, 0.1) is 0 Å². The van der Waals surface area contributed by atoms with Gasteiger partial charge in [0.1, 0.15) is 19.3 Å². The molecule has 0 spiro atoms. The number of quaternary nitrogens is 1. The molecule has 1 amide bonds. The molecule has 0 fully saturated rings. The molecule has 3 atom stereocenters. The molecule has 0 aromatic heterocycles. The van der Waals surface area contributed by atoms with E-state index in [0.717, 1.165) is 96.3 Å². The van der Waals surface area contributed by atoms with Crippen molar-refractivity contribution < 1.29 is 37.3 Å². The molecule has 0 radical (unpaired) electrons. The summed E-state index contributed by atoms with van der Waals surface area (Å²) in [6, 6.07) is -0.919. The average Bonchev–Trinajstić information content (AvgIpc) is 3.44. The lowest BCUT2D eigenvalue weighted by Gasteiger charge is -2.30. The zero-order valence-electron chi connectivity index (χ0n) is 53.2. The highest BCUT2D eigenvalue weighted by Crippen LogP contribution is 2.38. The molecule has 10 heteroatoms. The SMILES string of the molecule is CC/C=C\C/C=C\C/C=C\C/C=C\C/C=C\CCCC(=O)OC(/C=C\CCCCCCCCCCCCC)C(COP(=O)([O-])OCC[N+](C)(C)C)NC(=O)CCCCCCCCCCCCCC/C=C\C/C=C\C/C=C\CCCCC. The molecule has 0 aliphatic carbocycles. The molecule has 0 aliphatic rings. The lowest BCUT2D eigenvalue weighted by molar-refractivity contribution is -0.870. The maximum absolute atomic E-state index is 13.6. The number of ether oxygens (including phenoxy) is 1. The summed E-state index contributed by atoms with van der Waals surface area (Å²) in [5, 5.41) is 3.02. The monoisotopic (exact) mass is 1150 g/mol. The fourth-order valence-electron chi connectivity index (χ4n) is 9.09. The minimum absolute atomic E-state index is 0.0361. The summed E-state index contributed by atoms with van der Waals surface area (Å²) < 4.78 is 30.3. The minimum Gasteiger partial charge on any atom is -0.756 e. The summed E-state index contributed by atoms with van der Waals surface area (Å²) in [5.74, 6) is -0.612. The van der Waals surface area contributed by atoms with Gasteiger partial charge in [0.2, 0.25) is 5.91 Å². The maximum Gasteiger partial charge on any atom is 0.306 e. The van der Waals surface area contributed by atoms with Crippen molar-refractivity contribution in [3.63, 3.8) is 0 Å². The molecule has 9 nitrogen and oxygen atoms in total. The standard InChI is InChI=1S/C71H125N2O7P/c1-7-10-13-16-19-22-25-28-30-32-33-34-35-36-37-38-39-41-42-45-48-51-54-57-60-63-70(74)72-68(67-79-81(76,77)78-66-65-73(4,5)6)69(62-59-56-53-50-47-44-27-24-21-18-15-12-9-3)80-71(75)64-61-58-55-52-49-46-43-40-31-29-26-23-20-17-14-11-8-2/h11,14,19-20,22-23,28-31,33-34,43,46,52,55,59,62,68-69H,7-10,12-13,15-18,21,24-27,32,35-42,44-45,47-51,53-54,56-58,60-61,63-67H2,1-6H3,(H-,72,74,76,77)/b14-11-,22-19-,23-20-,30-28-,31-29-,34-33-,46-43-,55-52-,62-59-. The van der Waals surface area contributed by atoms with Crippen molar-refractivity contribution in [3.8, 4) is 0 Å². The third kappa shape index (κ3) is 61.1. The van der Waals surface area contributed by atoms with Crippen LogP contribution >= 0.6 is 7.82 Å². The summed E-state index contributed by atoms with van der Waals surface area (Å²) in [7, 11) is 1.14. The van der Waals surface area contributed by atoms with E-state index in [2.05, 4.69) is 123 Å². The van der Waals surface area contributed by atoms with Crippen molar-refractivity contribution in [3.05, 3.63) is 109 Å². The van der Waals surface area contributed by atoms with Gasteiger partial charge in [0.05, 0.1) is 33.8 Å². The number of esters is 1. The molecule has 0 aromatic carbocycles. The van der Waals surface area contributed by atoms with E-state index in [1.807, 2.05) is 33.3 Å². The van der Waals surface area contributed by atoms with Crippen LogP contribution in [0.2, 0.25) is 0 Å². The van der Waals surface area contributed by atoms with Crippen molar-refractivity contribution in [2.24, 2.45) is 0 Å². The van der Waals surface area contributed by atoms with E-state index in [1.165, 1.54) is 141 Å². The first kappa shape index (κ1) is 77.7. The first-order valence-corrected chi connectivity index (χ1v) is 34.7. The normalized spacial score (nSPS) is 14.3. The Hall–Kier alpha value is -3.33. The molecule has 0 rings (SSSR count). The van der Waals surface area contributed by atoms with E-state index >= 15 is 0 Å². The number of amides is 1. The second kappa shape index (κ2) is 59.8. The van der Waals surface area contributed by atoms with Crippen LogP contribution in [0.25, 0.3) is 0 Å². The van der Waals surface area contributed by atoms with Gasteiger partial charge in [0.15, 0.2) is 0 Å². The van der Waals surface area contributed by atoms with Crippen LogP contribution in [0.15, 0.2) is 109 Å². The van der Waals surface area contributed by atoms with Crippen LogP contribution in [0.3, 0.4) is 0 Å². The summed E-state index contributed by atoms with van der Waals surface area (Å²) in [4.78, 5) is 40.1. The van der Waals surface area contributed by atoms with Gasteiger partial charge < -0.3 is 28.5 Å². The number of phosphoric acid groups is 1. The average molecular weight is 1150 g/mol. The predicted molar refractivity (Wildman–Crippen MR) is 348 cm³/mol. The quantitative estimate of drug-likeness (QED) is 0.0212. The topological polar surface area (TPSA) is 114 Å². The number of hydrogen-bond donors (Lipinski definition) is 1. The van der Waals surface area contributed by atoms with Crippen molar-refractivity contribution in [1.29, 1.82) is 0 Å². The van der Waals surface area contributed by atoms with Crippen molar-refractivity contribution in [1.82, 2.24) is 5.32 Å². The van der Waals surface area contributed by atoms with E-state index < -0.39 is 32.5 Å². The number of carbonyl (C=O) groups is 2. The van der Waals surface area contributed by atoms with Gasteiger partial charge in [0.25, 0.3) is 7.82 Å². The number of phosphoric ester groups is 1. The summed E-state index contributed by atoms with van der Waals surface area (Å²) >= 11 is 0. The lowest BCUT2D eigenvalue weighted by atomic mass is 10.0. The largest absolute Gasteiger partial charge is 0.756 e. The van der Waals surface area contributed by atoms with Crippen LogP contribution in [-0.2, 0) is 27.9 Å². The van der Waals surface area contributed by atoms with E-state index in [4.69, 9.17) is 13.8 Å². The summed E-state index contributed by atoms with van der Waals surface area (Å²) in [6.45, 7) is 6.67. The van der Waals surface area contributed by atoms with E-state index in [9.17, 15) is 19.0 Å². The fraction of sp³-hybridized carbons (Fsp3) is 0.718. The number of carbonyl (C=O) groups excluding carboxylic acids is 2. The molecule has 81 heavy (non-hydrogen) atoms. The number of rotatable bonds is 59. The first-order chi connectivity index (χ1) is 39.4. The maximum atomic E-state index is 13.6. The van der Waals surface area contributed by atoms with Gasteiger partial charge in [0, 0.05) is 12.8 Å². The van der Waals surface area contributed by atoms with E-state index in [0.29, 0.717) is 23.9 Å². The zero-order valence-corrected chi connectivity index (χ0v) is 54.1. The highest BCUT2D eigenvalue weighted by molar-refractivity contribution is 7.45. The Kier molecular flexibility index (Phi) is 57.4. The van der Waals surface area contributed by atoms with Gasteiger partial charge in [-0.2, -0.15) is 0 Å². The molecule has 0 saturated carbocycles. The zero-order chi connectivity index (χ0) is 59.3.